The van der Waals surface area contributed by atoms with E-state index in [1.54, 1.807) is 16.8 Å². The van der Waals surface area contributed by atoms with Gasteiger partial charge in [0, 0.05) is 0 Å². The summed E-state index contributed by atoms with van der Waals surface area (Å²) in [6.07, 6.45) is 2.03. The van der Waals surface area contributed by atoms with Gasteiger partial charge in [0.2, 0.25) is 0 Å². The molecular formula is C13H16N4O2S. The lowest BCUT2D eigenvalue weighted by Gasteiger charge is -2.07. The Balaban J connectivity index is 1.91. The van der Waals surface area contributed by atoms with E-state index in [9.17, 15) is 8.42 Å². The van der Waals surface area contributed by atoms with E-state index in [4.69, 9.17) is 0 Å². The van der Waals surface area contributed by atoms with Crippen LogP contribution in [0.15, 0.2) is 23.1 Å². The molecule has 0 amide bonds. The lowest BCUT2D eigenvalue weighted by atomic mass is 10.1. The van der Waals surface area contributed by atoms with Gasteiger partial charge in [-0.25, -0.2) is 13.1 Å². The van der Waals surface area contributed by atoms with Crippen molar-refractivity contribution in [3.8, 4) is 0 Å². The van der Waals surface area contributed by atoms with Crippen molar-refractivity contribution in [2.45, 2.75) is 43.4 Å². The highest BCUT2D eigenvalue weighted by Gasteiger charge is 2.30. The predicted molar refractivity (Wildman–Crippen MR) is 72.9 cm³/mol. The molecule has 1 aromatic carbocycles. The molecule has 1 heterocycles. The van der Waals surface area contributed by atoms with Crippen molar-refractivity contribution in [2.75, 3.05) is 0 Å². The zero-order valence-electron chi connectivity index (χ0n) is 11.4. The first-order valence-corrected chi connectivity index (χ1v) is 8.19. The van der Waals surface area contributed by atoms with E-state index < -0.39 is 9.84 Å². The van der Waals surface area contributed by atoms with Crippen LogP contribution < -0.4 is 0 Å². The van der Waals surface area contributed by atoms with E-state index in [2.05, 4.69) is 15.5 Å². The molecule has 7 heteroatoms. The Morgan fingerprint density at radius 2 is 2.00 bits per heavy atom. The summed E-state index contributed by atoms with van der Waals surface area (Å²) in [5.41, 5.74) is 2.04. The zero-order valence-corrected chi connectivity index (χ0v) is 12.3. The van der Waals surface area contributed by atoms with Crippen molar-refractivity contribution in [3.05, 3.63) is 35.2 Å². The van der Waals surface area contributed by atoms with Crippen LogP contribution in [0.4, 0.5) is 0 Å². The molecule has 106 valence electrons. The van der Waals surface area contributed by atoms with Crippen LogP contribution in [0.1, 0.15) is 35.8 Å². The van der Waals surface area contributed by atoms with Crippen LogP contribution in [0.2, 0.25) is 0 Å². The minimum Gasteiger partial charge on any atom is -0.225 e. The predicted octanol–water partition coefficient (Wildman–Crippen LogP) is 1.60. The largest absolute Gasteiger partial charge is 0.225 e. The molecule has 6 nitrogen and oxygen atoms in total. The molecule has 0 bridgehead atoms. The maximum atomic E-state index is 12.4. The highest BCUT2D eigenvalue weighted by atomic mass is 32.2. The molecule has 1 aromatic heterocycles. The summed E-state index contributed by atoms with van der Waals surface area (Å²) < 4.78 is 26.5. The van der Waals surface area contributed by atoms with Gasteiger partial charge in [0.05, 0.1) is 10.9 Å². The number of sulfone groups is 1. The number of tetrazole rings is 1. The van der Waals surface area contributed by atoms with E-state index in [-0.39, 0.29) is 11.8 Å². The molecule has 0 spiro atoms. The molecule has 0 saturated heterocycles. The van der Waals surface area contributed by atoms with Crippen molar-refractivity contribution in [1.82, 2.24) is 20.2 Å². The fourth-order valence-electron chi connectivity index (χ4n) is 2.07. The number of aromatic nitrogens is 4. The van der Waals surface area contributed by atoms with Crippen molar-refractivity contribution < 1.29 is 8.42 Å². The van der Waals surface area contributed by atoms with Crippen molar-refractivity contribution >= 4 is 9.84 Å². The Kier molecular flexibility index (Phi) is 3.08. The molecule has 0 unspecified atom stereocenters. The molecule has 0 aliphatic heterocycles. The van der Waals surface area contributed by atoms with Gasteiger partial charge in [-0.2, -0.15) is 0 Å². The quantitative estimate of drug-likeness (QED) is 0.855. The monoisotopic (exact) mass is 292 g/mol. The molecule has 1 saturated carbocycles. The summed E-state index contributed by atoms with van der Waals surface area (Å²) in [6, 6.07) is 5.44. The van der Waals surface area contributed by atoms with Crippen molar-refractivity contribution in [3.63, 3.8) is 0 Å². The number of nitrogens with zero attached hydrogens (tertiary/aromatic N) is 4. The SMILES string of the molecule is Cc1ccc(S(=O)(=O)Cc2nnnn2C2CC2)cc1C. The summed E-state index contributed by atoms with van der Waals surface area (Å²) in [5.74, 6) is 0.268. The van der Waals surface area contributed by atoms with Crippen LogP contribution in [-0.2, 0) is 15.6 Å². The lowest BCUT2D eigenvalue weighted by molar-refractivity contribution is 0.574. The molecule has 1 aliphatic carbocycles. The topological polar surface area (TPSA) is 77.7 Å². The summed E-state index contributed by atoms with van der Waals surface area (Å²) >= 11 is 0. The van der Waals surface area contributed by atoms with Gasteiger partial charge in [0.1, 0.15) is 5.75 Å². The molecule has 0 radical (unpaired) electrons. The minimum absolute atomic E-state index is 0.154. The summed E-state index contributed by atoms with van der Waals surface area (Å²) in [7, 11) is -3.41. The zero-order chi connectivity index (χ0) is 14.3. The summed E-state index contributed by atoms with van der Waals surface area (Å²) in [4.78, 5) is 0.325. The Morgan fingerprint density at radius 3 is 2.65 bits per heavy atom. The van der Waals surface area contributed by atoms with Gasteiger partial charge in [-0.3, -0.25) is 0 Å². The Bertz CT molecular complexity index is 747. The molecule has 3 rings (SSSR count). The van der Waals surface area contributed by atoms with Gasteiger partial charge >= 0.3 is 0 Å². The molecule has 0 atom stereocenters. The second-order valence-corrected chi connectivity index (χ2v) is 7.27. The normalized spacial score (nSPS) is 15.5. The standard InChI is InChI=1S/C13H16N4O2S/c1-9-3-6-12(7-10(9)2)20(18,19)8-13-14-15-16-17(13)11-4-5-11/h3,6-7,11H,4-5,8H2,1-2H3. The smallest absolute Gasteiger partial charge is 0.185 e. The van der Waals surface area contributed by atoms with Crippen LogP contribution in [-0.4, -0.2) is 28.6 Å². The summed E-state index contributed by atoms with van der Waals surface area (Å²) in [5, 5.41) is 11.3. The molecule has 2 aromatic rings. The van der Waals surface area contributed by atoms with Crippen LogP contribution in [0, 0.1) is 13.8 Å². The highest BCUT2D eigenvalue weighted by molar-refractivity contribution is 7.90. The third-order valence-electron chi connectivity index (χ3n) is 3.61. The molecule has 1 fully saturated rings. The van der Waals surface area contributed by atoms with Crippen LogP contribution in [0.25, 0.3) is 0 Å². The van der Waals surface area contributed by atoms with Gasteiger partial charge in [-0.1, -0.05) is 6.07 Å². The summed E-state index contributed by atoms with van der Waals surface area (Å²) in [6.45, 7) is 3.86. The van der Waals surface area contributed by atoms with Gasteiger partial charge in [0.15, 0.2) is 15.7 Å². The third kappa shape index (κ3) is 2.45. The van der Waals surface area contributed by atoms with Gasteiger partial charge in [-0.15, -0.1) is 5.10 Å². The van der Waals surface area contributed by atoms with E-state index in [1.807, 2.05) is 19.9 Å². The molecule has 20 heavy (non-hydrogen) atoms. The van der Waals surface area contributed by atoms with E-state index in [1.165, 1.54) is 0 Å². The van der Waals surface area contributed by atoms with Crippen LogP contribution in [0.3, 0.4) is 0 Å². The van der Waals surface area contributed by atoms with Crippen molar-refractivity contribution in [1.29, 1.82) is 0 Å². The fourth-order valence-corrected chi connectivity index (χ4v) is 3.40. The maximum Gasteiger partial charge on any atom is 0.185 e. The fraction of sp³-hybridized carbons (Fsp3) is 0.462. The Morgan fingerprint density at radius 1 is 1.25 bits per heavy atom. The van der Waals surface area contributed by atoms with Crippen LogP contribution >= 0.6 is 0 Å². The van der Waals surface area contributed by atoms with E-state index in [0.29, 0.717) is 10.7 Å². The number of aryl methyl sites for hydroxylation is 2. The van der Waals surface area contributed by atoms with Crippen LogP contribution in [0.5, 0.6) is 0 Å². The average Bonchev–Trinajstić information content (AvgIpc) is 3.14. The number of hydrogen-bond acceptors (Lipinski definition) is 5. The van der Waals surface area contributed by atoms with Gasteiger partial charge in [-0.05, 0) is 60.4 Å². The highest BCUT2D eigenvalue weighted by Crippen LogP contribution is 2.34. The first kappa shape index (κ1) is 13.2. The van der Waals surface area contributed by atoms with E-state index >= 15 is 0 Å². The second kappa shape index (κ2) is 4.66. The number of hydrogen-bond donors (Lipinski definition) is 0. The molecular weight excluding hydrogens is 276 g/mol. The minimum atomic E-state index is -3.41. The first-order chi connectivity index (χ1) is 9.47. The van der Waals surface area contributed by atoms with Crippen molar-refractivity contribution in [2.24, 2.45) is 0 Å². The van der Waals surface area contributed by atoms with Gasteiger partial charge in [0.25, 0.3) is 0 Å². The second-order valence-electron chi connectivity index (χ2n) is 5.28. The Hall–Kier alpha value is -1.76. The first-order valence-electron chi connectivity index (χ1n) is 6.54. The van der Waals surface area contributed by atoms with Gasteiger partial charge < -0.3 is 0 Å². The molecule has 0 N–H and O–H groups in total. The lowest BCUT2D eigenvalue weighted by Crippen LogP contribution is -2.11. The number of rotatable bonds is 4. The Labute approximate surface area is 117 Å². The maximum absolute atomic E-state index is 12.4. The molecule has 1 aliphatic rings. The number of benzene rings is 1. The van der Waals surface area contributed by atoms with E-state index in [0.717, 1.165) is 24.0 Å². The third-order valence-corrected chi connectivity index (χ3v) is 5.22. The average molecular weight is 292 g/mol.